The van der Waals surface area contributed by atoms with Crippen molar-refractivity contribution in [1.29, 1.82) is 0 Å². The second-order valence-electron chi connectivity index (χ2n) is 6.03. The lowest BCUT2D eigenvalue weighted by Crippen LogP contribution is -2.58. The van der Waals surface area contributed by atoms with Crippen molar-refractivity contribution in [3.63, 3.8) is 0 Å². The molecule has 1 aromatic carbocycles. The van der Waals surface area contributed by atoms with Crippen LogP contribution < -0.4 is 0 Å². The lowest BCUT2D eigenvalue weighted by Gasteiger charge is -2.37. The highest BCUT2D eigenvalue weighted by Gasteiger charge is 2.45. The molecular weight excluding hydrogens is 416 g/mol. The van der Waals surface area contributed by atoms with Gasteiger partial charge < -0.3 is 4.90 Å². The Morgan fingerprint density at radius 2 is 1.69 bits per heavy atom. The largest absolute Gasteiger partial charge is 0.416 e. The predicted molar refractivity (Wildman–Crippen MR) is 82.3 cm³/mol. The lowest BCUT2D eigenvalue weighted by atomic mass is 10.0. The van der Waals surface area contributed by atoms with E-state index in [0.29, 0.717) is 15.8 Å². The van der Waals surface area contributed by atoms with Gasteiger partial charge in [0.1, 0.15) is 6.33 Å². The van der Waals surface area contributed by atoms with Crippen LogP contribution in [0.15, 0.2) is 30.6 Å². The van der Waals surface area contributed by atoms with E-state index in [4.69, 9.17) is 2.74 Å². The number of halogens is 8. The molecule has 0 spiro atoms. The topological polar surface area (TPSA) is 51.0 Å². The number of benzene rings is 1. The molecule has 2 heterocycles. The second-order valence-corrected chi connectivity index (χ2v) is 6.03. The van der Waals surface area contributed by atoms with Crippen LogP contribution in [0.5, 0.6) is 0 Å². The highest BCUT2D eigenvalue weighted by molar-refractivity contribution is 5.90. The van der Waals surface area contributed by atoms with Gasteiger partial charge in [0.2, 0.25) is 5.91 Å². The molecule has 0 saturated carbocycles. The molecule has 0 unspecified atom stereocenters. The Balaban J connectivity index is 1.94. The fraction of sp³-hybridized carbons (Fsp3) is 0.312. The molecule has 1 saturated heterocycles. The maximum Gasteiger partial charge on any atom is 0.416 e. The number of alkyl halides is 8. The van der Waals surface area contributed by atoms with Gasteiger partial charge in [-0.15, -0.1) is 5.10 Å². The van der Waals surface area contributed by atoms with Gasteiger partial charge >= 0.3 is 12.4 Å². The first kappa shape index (κ1) is 18.1. The van der Waals surface area contributed by atoms with Crippen LogP contribution in [0.1, 0.15) is 13.9 Å². The van der Waals surface area contributed by atoms with Crippen LogP contribution in [0.3, 0.4) is 0 Å². The molecule has 0 N–H and O–H groups in total. The summed E-state index contributed by atoms with van der Waals surface area (Å²) in [5.41, 5.74) is -4.40. The number of hydrogen-bond acceptors (Lipinski definition) is 3. The van der Waals surface area contributed by atoms with Crippen LogP contribution in [-0.4, -0.2) is 44.6 Å². The van der Waals surface area contributed by atoms with E-state index in [9.17, 15) is 39.9 Å². The van der Waals surface area contributed by atoms with Crippen LogP contribution >= 0.6 is 0 Å². The number of aromatic nitrogens is 3. The van der Waals surface area contributed by atoms with Gasteiger partial charge in [0.25, 0.3) is 5.92 Å². The summed E-state index contributed by atoms with van der Waals surface area (Å²) < 4.78 is 120. The van der Waals surface area contributed by atoms with Crippen molar-refractivity contribution in [3.05, 3.63) is 41.7 Å². The van der Waals surface area contributed by atoms with E-state index in [1.54, 1.807) is 0 Å². The van der Waals surface area contributed by atoms with E-state index in [1.165, 1.54) is 0 Å². The van der Waals surface area contributed by atoms with E-state index < -0.39 is 71.9 Å². The highest BCUT2D eigenvalue weighted by Crippen LogP contribution is 2.38. The molecular formula is C16H10F8N4O. The van der Waals surface area contributed by atoms with Gasteiger partial charge in [-0.25, -0.2) is 18.4 Å². The summed E-state index contributed by atoms with van der Waals surface area (Å²) in [7, 11) is 0. The number of amides is 1. The first-order chi connectivity index (χ1) is 14.1. The highest BCUT2D eigenvalue weighted by atomic mass is 19.4. The van der Waals surface area contributed by atoms with Gasteiger partial charge in [0.15, 0.2) is 5.82 Å². The Morgan fingerprint density at radius 3 is 2.17 bits per heavy atom. The Morgan fingerprint density at radius 1 is 1.14 bits per heavy atom. The van der Waals surface area contributed by atoms with E-state index in [1.807, 2.05) is 0 Å². The number of carbonyl (C=O) groups excluding carboxylic acids is 1. The number of rotatable bonds is 3. The fourth-order valence-corrected chi connectivity index (χ4v) is 2.34. The van der Waals surface area contributed by atoms with Crippen molar-refractivity contribution in [2.24, 2.45) is 0 Å². The minimum Gasteiger partial charge on any atom is -0.327 e. The molecule has 1 aliphatic heterocycles. The molecule has 0 aliphatic carbocycles. The maximum atomic E-state index is 13.1. The summed E-state index contributed by atoms with van der Waals surface area (Å²) in [5.74, 6) is -4.74. The van der Waals surface area contributed by atoms with Crippen LogP contribution in [0.2, 0.25) is 0 Å². The lowest BCUT2D eigenvalue weighted by molar-refractivity contribution is -0.160. The van der Waals surface area contributed by atoms with Crippen LogP contribution in [0.25, 0.3) is 17.6 Å². The van der Waals surface area contributed by atoms with Crippen molar-refractivity contribution in [2.45, 2.75) is 18.3 Å². The second kappa shape index (κ2) is 6.81. The van der Waals surface area contributed by atoms with Crippen LogP contribution in [-0.2, 0) is 17.1 Å². The molecule has 0 bridgehead atoms. The molecule has 156 valence electrons. The molecule has 1 fully saturated rings. The average molecular weight is 428 g/mol. The summed E-state index contributed by atoms with van der Waals surface area (Å²) in [6.07, 6.45) is -8.99. The summed E-state index contributed by atoms with van der Waals surface area (Å²) in [6, 6.07) is -2.01. The van der Waals surface area contributed by atoms with E-state index in [2.05, 4.69) is 10.1 Å². The van der Waals surface area contributed by atoms with Gasteiger partial charge in [-0.3, -0.25) is 4.79 Å². The minimum atomic E-state index is -5.25. The Hall–Kier alpha value is -2.99. The number of carbonyl (C=O) groups is 1. The van der Waals surface area contributed by atoms with E-state index in [-0.39, 0.29) is 12.1 Å². The van der Waals surface area contributed by atoms with Gasteiger partial charge in [-0.05, 0) is 18.2 Å². The van der Waals surface area contributed by atoms with Crippen molar-refractivity contribution in [1.82, 2.24) is 19.7 Å². The Bertz CT molecular complexity index is 1020. The first-order valence-electron chi connectivity index (χ1n) is 8.64. The molecule has 13 heteroatoms. The average Bonchev–Trinajstić information content (AvgIpc) is 3.05. The van der Waals surface area contributed by atoms with E-state index in [0.717, 1.165) is 6.33 Å². The van der Waals surface area contributed by atoms with Crippen molar-refractivity contribution < 1.29 is 42.7 Å². The van der Waals surface area contributed by atoms with Gasteiger partial charge in [-0.2, -0.15) is 26.3 Å². The smallest absolute Gasteiger partial charge is 0.327 e. The normalized spacial score (nSPS) is 18.2. The molecule has 2 aromatic rings. The SMILES string of the molecule is [2H]/C(=C/n1cnc(-c2cc(C(F)(F)F)c([2H])c(C(F)(F)F)c2)n1)C(=O)N1CC(F)(F)C1. The van der Waals surface area contributed by atoms with Crippen molar-refractivity contribution in [2.75, 3.05) is 13.1 Å². The molecule has 0 radical (unpaired) electrons. The zero-order chi connectivity index (χ0) is 23.4. The molecule has 1 amide bonds. The number of nitrogens with zero attached hydrogens (tertiary/aromatic N) is 4. The maximum absolute atomic E-state index is 13.1. The van der Waals surface area contributed by atoms with E-state index >= 15 is 0 Å². The monoisotopic (exact) mass is 428 g/mol. The minimum absolute atomic E-state index is 0.274. The summed E-state index contributed by atoms with van der Waals surface area (Å²) in [5, 5.41) is 3.61. The fourth-order valence-electron chi connectivity index (χ4n) is 2.34. The third-order valence-corrected chi connectivity index (χ3v) is 3.70. The Labute approximate surface area is 160 Å². The summed E-state index contributed by atoms with van der Waals surface area (Å²) in [6.45, 7) is -1.77. The first-order valence-corrected chi connectivity index (χ1v) is 7.64. The predicted octanol–water partition coefficient (Wildman–Crippen LogP) is 3.93. The molecule has 0 atom stereocenters. The zero-order valence-corrected chi connectivity index (χ0v) is 13.9. The zero-order valence-electron chi connectivity index (χ0n) is 15.9. The molecule has 3 rings (SSSR count). The summed E-state index contributed by atoms with van der Waals surface area (Å²) in [4.78, 5) is 16.1. The molecule has 5 nitrogen and oxygen atoms in total. The molecule has 1 aliphatic rings. The van der Waals surface area contributed by atoms with Crippen molar-refractivity contribution >= 4 is 12.1 Å². The van der Waals surface area contributed by atoms with Gasteiger partial charge in [0.05, 0.1) is 27.0 Å². The number of likely N-dealkylation sites (tertiary alicyclic amines) is 1. The third kappa shape index (κ3) is 4.71. The van der Waals surface area contributed by atoms with Crippen LogP contribution in [0.4, 0.5) is 35.1 Å². The van der Waals surface area contributed by atoms with Gasteiger partial charge in [-0.1, -0.05) is 0 Å². The standard InChI is InChI=1S/C16H10F8N4O/c17-14(18)6-27(7-14)12(29)1-2-28-8-25-13(26-28)9-3-10(15(19,20)21)5-11(4-9)16(22,23)24/h1-5,8H,6-7H2/b2-1-/i1D,5D. The molecule has 29 heavy (non-hydrogen) atoms. The van der Waals surface area contributed by atoms with Crippen LogP contribution in [0, 0.1) is 0 Å². The Kier molecular flexibility index (Phi) is 4.24. The quantitative estimate of drug-likeness (QED) is 0.550. The van der Waals surface area contributed by atoms with Crippen molar-refractivity contribution in [3.8, 4) is 11.4 Å². The van der Waals surface area contributed by atoms with Gasteiger partial charge in [0, 0.05) is 17.8 Å². The summed E-state index contributed by atoms with van der Waals surface area (Å²) >= 11 is 0. The number of hydrogen-bond donors (Lipinski definition) is 0. The third-order valence-electron chi connectivity index (χ3n) is 3.70. The molecule has 1 aromatic heterocycles.